The van der Waals surface area contributed by atoms with Crippen LogP contribution >= 0.6 is 11.8 Å². The fourth-order valence-electron chi connectivity index (χ4n) is 3.68. The van der Waals surface area contributed by atoms with Crippen LogP contribution in [0.15, 0.2) is 21.0 Å². The molecule has 4 heterocycles. The SMILES string of the molecule is CCCC1=CC2C(=NC(CC)=NC2N2CCn3c(nnc3C(F)(F)F)C2)S1. The number of thioether (sulfide) groups is 1. The summed E-state index contributed by atoms with van der Waals surface area (Å²) in [5, 5.41) is 8.21. The monoisotopic (exact) mass is 398 g/mol. The highest BCUT2D eigenvalue weighted by Gasteiger charge is 2.42. The van der Waals surface area contributed by atoms with Gasteiger partial charge in [0.05, 0.1) is 17.5 Å². The number of hydrogen-bond donors (Lipinski definition) is 0. The van der Waals surface area contributed by atoms with E-state index in [4.69, 9.17) is 4.99 Å². The first-order valence-corrected chi connectivity index (χ1v) is 9.99. The molecule has 1 aromatic heterocycles. The van der Waals surface area contributed by atoms with E-state index in [1.165, 1.54) is 9.47 Å². The maximum Gasteiger partial charge on any atom is 0.451 e. The predicted molar refractivity (Wildman–Crippen MR) is 98.5 cm³/mol. The summed E-state index contributed by atoms with van der Waals surface area (Å²) in [6, 6.07) is 0. The Labute approximate surface area is 159 Å². The van der Waals surface area contributed by atoms with Crippen molar-refractivity contribution in [2.24, 2.45) is 15.9 Å². The number of aliphatic imine (C=N–C) groups is 2. The summed E-state index contributed by atoms with van der Waals surface area (Å²) in [4.78, 5) is 12.9. The second kappa shape index (κ2) is 7.05. The van der Waals surface area contributed by atoms with E-state index in [1.54, 1.807) is 11.8 Å². The van der Waals surface area contributed by atoms with Crippen molar-refractivity contribution in [2.45, 2.75) is 58.5 Å². The lowest BCUT2D eigenvalue weighted by molar-refractivity contribution is -0.148. The molecule has 0 radical (unpaired) electrons. The zero-order chi connectivity index (χ0) is 19.2. The molecule has 0 bridgehead atoms. The van der Waals surface area contributed by atoms with Crippen LogP contribution in [-0.4, -0.2) is 43.3 Å². The predicted octanol–water partition coefficient (Wildman–Crippen LogP) is 3.71. The van der Waals surface area contributed by atoms with Crippen LogP contribution < -0.4 is 0 Å². The lowest BCUT2D eigenvalue weighted by Crippen LogP contribution is -2.46. The number of amidine groups is 1. The van der Waals surface area contributed by atoms with Gasteiger partial charge in [0.2, 0.25) is 5.82 Å². The summed E-state index contributed by atoms with van der Waals surface area (Å²) in [5.74, 6) is 0.299. The van der Waals surface area contributed by atoms with Gasteiger partial charge in [-0.1, -0.05) is 38.1 Å². The van der Waals surface area contributed by atoms with Gasteiger partial charge in [0.15, 0.2) is 0 Å². The fraction of sp³-hybridized carbons (Fsp3) is 0.647. The van der Waals surface area contributed by atoms with Crippen LogP contribution in [0.5, 0.6) is 0 Å². The smallest absolute Gasteiger partial charge is 0.305 e. The van der Waals surface area contributed by atoms with Gasteiger partial charge in [-0.25, -0.2) is 4.99 Å². The van der Waals surface area contributed by atoms with Gasteiger partial charge in [0, 0.05) is 19.5 Å². The first-order valence-electron chi connectivity index (χ1n) is 9.17. The minimum atomic E-state index is -4.48. The minimum absolute atomic E-state index is 0.0726. The maximum absolute atomic E-state index is 13.1. The number of rotatable bonds is 4. The molecule has 4 rings (SSSR count). The third-order valence-electron chi connectivity index (χ3n) is 4.95. The van der Waals surface area contributed by atoms with E-state index in [9.17, 15) is 13.2 Å². The molecular weight excluding hydrogens is 377 g/mol. The molecule has 3 aliphatic heterocycles. The van der Waals surface area contributed by atoms with Crippen molar-refractivity contribution in [1.29, 1.82) is 0 Å². The zero-order valence-corrected chi connectivity index (χ0v) is 16.0. The lowest BCUT2D eigenvalue weighted by Gasteiger charge is -2.36. The Hall–Kier alpha value is -1.68. The van der Waals surface area contributed by atoms with Gasteiger partial charge in [-0.2, -0.15) is 13.2 Å². The average molecular weight is 398 g/mol. The largest absolute Gasteiger partial charge is 0.451 e. The third-order valence-corrected chi connectivity index (χ3v) is 6.13. The van der Waals surface area contributed by atoms with E-state index in [2.05, 4.69) is 33.1 Å². The molecular formula is C17H21F3N6S. The first-order chi connectivity index (χ1) is 12.9. The third kappa shape index (κ3) is 3.44. The molecule has 0 fully saturated rings. The molecule has 6 nitrogen and oxygen atoms in total. The molecule has 0 saturated carbocycles. The summed E-state index contributed by atoms with van der Waals surface area (Å²) in [5.41, 5.74) is 0. The van der Waals surface area contributed by atoms with Crippen molar-refractivity contribution in [3.63, 3.8) is 0 Å². The quantitative estimate of drug-likeness (QED) is 0.776. The molecule has 0 N–H and O–H groups in total. The van der Waals surface area contributed by atoms with Gasteiger partial charge in [0.1, 0.15) is 17.8 Å². The zero-order valence-electron chi connectivity index (χ0n) is 15.2. The Morgan fingerprint density at radius 1 is 1.22 bits per heavy atom. The highest BCUT2D eigenvalue weighted by Crippen LogP contribution is 2.41. The Kier molecular flexibility index (Phi) is 4.87. The van der Waals surface area contributed by atoms with Crippen molar-refractivity contribution < 1.29 is 13.2 Å². The van der Waals surface area contributed by atoms with E-state index in [-0.39, 0.29) is 18.6 Å². The van der Waals surface area contributed by atoms with E-state index >= 15 is 0 Å². The van der Waals surface area contributed by atoms with Crippen LogP contribution in [-0.2, 0) is 19.3 Å². The van der Waals surface area contributed by atoms with Crippen molar-refractivity contribution in [1.82, 2.24) is 19.7 Å². The average Bonchev–Trinajstić information content (AvgIpc) is 3.23. The maximum atomic E-state index is 13.1. The summed E-state index contributed by atoms with van der Waals surface area (Å²) in [7, 11) is 0. The van der Waals surface area contributed by atoms with Crippen molar-refractivity contribution in [2.75, 3.05) is 6.54 Å². The van der Waals surface area contributed by atoms with Gasteiger partial charge < -0.3 is 4.57 Å². The number of halogens is 3. The molecule has 0 saturated heterocycles. The molecule has 0 aromatic carbocycles. The normalized spacial score (nSPS) is 25.6. The summed E-state index contributed by atoms with van der Waals surface area (Å²) in [6.45, 7) is 5.15. The Morgan fingerprint density at radius 3 is 2.74 bits per heavy atom. The van der Waals surface area contributed by atoms with E-state index in [0.29, 0.717) is 18.9 Å². The van der Waals surface area contributed by atoms with Crippen LogP contribution in [0.25, 0.3) is 0 Å². The molecule has 1 aromatic rings. The van der Waals surface area contributed by atoms with E-state index in [0.717, 1.165) is 30.1 Å². The van der Waals surface area contributed by atoms with Gasteiger partial charge in [-0.15, -0.1) is 10.2 Å². The number of allylic oxidation sites excluding steroid dienone is 1. The summed E-state index contributed by atoms with van der Waals surface area (Å²) < 4.78 is 40.4. The highest BCUT2D eigenvalue weighted by atomic mass is 32.2. The molecule has 0 aliphatic carbocycles. The first kappa shape index (κ1) is 18.7. The number of alkyl halides is 3. The van der Waals surface area contributed by atoms with Crippen molar-refractivity contribution in [3.05, 3.63) is 22.6 Å². The molecule has 0 amide bonds. The molecule has 10 heteroatoms. The number of hydrogen-bond acceptors (Lipinski definition) is 6. The van der Waals surface area contributed by atoms with Gasteiger partial charge in [0.25, 0.3) is 0 Å². The Bertz CT molecular complexity index is 825. The van der Waals surface area contributed by atoms with Crippen LogP contribution in [0.1, 0.15) is 44.8 Å². The van der Waals surface area contributed by atoms with E-state index < -0.39 is 12.0 Å². The molecule has 27 heavy (non-hydrogen) atoms. The number of nitrogens with zero attached hydrogens (tertiary/aromatic N) is 6. The molecule has 146 valence electrons. The van der Waals surface area contributed by atoms with Gasteiger partial charge in [-0.05, 0) is 11.3 Å². The molecule has 0 spiro atoms. The molecule has 2 unspecified atom stereocenters. The van der Waals surface area contributed by atoms with Crippen LogP contribution in [0.4, 0.5) is 13.2 Å². The Balaban J connectivity index is 1.60. The summed E-state index contributed by atoms with van der Waals surface area (Å²) >= 11 is 1.72. The van der Waals surface area contributed by atoms with Crippen LogP contribution in [0, 0.1) is 5.92 Å². The summed E-state index contributed by atoms with van der Waals surface area (Å²) in [6.07, 6.45) is 0.419. The van der Waals surface area contributed by atoms with Crippen molar-refractivity contribution in [3.8, 4) is 0 Å². The second-order valence-corrected chi connectivity index (χ2v) is 7.98. The topological polar surface area (TPSA) is 58.7 Å². The molecule has 2 atom stereocenters. The van der Waals surface area contributed by atoms with Gasteiger partial charge in [-0.3, -0.25) is 9.89 Å². The highest BCUT2D eigenvalue weighted by molar-refractivity contribution is 8.17. The number of aromatic nitrogens is 3. The Morgan fingerprint density at radius 2 is 2.04 bits per heavy atom. The fourth-order valence-corrected chi connectivity index (χ4v) is 4.95. The van der Waals surface area contributed by atoms with Gasteiger partial charge >= 0.3 is 6.18 Å². The second-order valence-electron chi connectivity index (χ2n) is 6.83. The van der Waals surface area contributed by atoms with Crippen LogP contribution in [0.2, 0.25) is 0 Å². The van der Waals surface area contributed by atoms with Crippen molar-refractivity contribution >= 4 is 22.6 Å². The number of fused-ring (bicyclic) bond motifs is 2. The van der Waals surface area contributed by atoms with Crippen LogP contribution in [0.3, 0.4) is 0 Å². The standard InChI is InChI=1S/C17H21F3N6S/c1-3-5-10-8-11-14(21-12(4-2)22-15(11)27-10)25-6-7-26-13(9-25)23-24-16(26)17(18,19)20/h8,11,14H,3-7,9H2,1-2H3. The lowest BCUT2D eigenvalue weighted by atomic mass is 10.0. The molecule has 3 aliphatic rings. The minimum Gasteiger partial charge on any atom is -0.305 e. The van der Waals surface area contributed by atoms with E-state index in [1.807, 2.05) is 6.92 Å².